The lowest BCUT2D eigenvalue weighted by Crippen LogP contribution is -2.33. The molecule has 1 atom stereocenters. The summed E-state index contributed by atoms with van der Waals surface area (Å²) in [6.07, 6.45) is 0. The average molecular weight is 363 g/mol. The van der Waals surface area contributed by atoms with Crippen molar-refractivity contribution in [3.8, 4) is 11.6 Å². The highest BCUT2D eigenvalue weighted by Gasteiger charge is 2.19. The number of benzene rings is 2. The second-order valence-electron chi connectivity index (χ2n) is 6.38. The molecule has 0 aliphatic heterocycles. The van der Waals surface area contributed by atoms with Gasteiger partial charge in [0.05, 0.1) is 17.4 Å². The number of H-pyrrole nitrogens is 1. The van der Waals surface area contributed by atoms with Crippen molar-refractivity contribution in [2.75, 3.05) is 0 Å². The van der Waals surface area contributed by atoms with Crippen LogP contribution in [0.1, 0.15) is 36.6 Å². The molecule has 6 heteroatoms. The summed E-state index contributed by atoms with van der Waals surface area (Å²) in [7, 11) is 0. The molecule has 0 radical (unpaired) electrons. The minimum absolute atomic E-state index is 0.0133. The molecule has 0 spiro atoms. The second kappa shape index (κ2) is 7.45. The SMILES string of the molecule is CC(=N[C@H](C)c1ccccc1)c1c(O)n(-c2ccccc2C)c(=O)[nH]c1=O. The van der Waals surface area contributed by atoms with Gasteiger partial charge in [-0.05, 0) is 38.0 Å². The molecular weight excluding hydrogens is 342 g/mol. The number of nitrogens with zero attached hydrogens (tertiary/aromatic N) is 2. The number of hydrogen-bond donors (Lipinski definition) is 2. The topological polar surface area (TPSA) is 87.4 Å². The highest BCUT2D eigenvalue weighted by atomic mass is 16.3. The van der Waals surface area contributed by atoms with E-state index in [-0.39, 0.29) is 11.6 Å². The van der Waals surface area contributed by atoms with Crippen molar-refractivity contribution < 1.29 is 5.11 Å². The van der Waals surface area contributed by atoms with Crippen LogP contribution in [-0.2, 0) is 0 Å². The Bertz CT molecular complexity index is 1110. The van der Waals surface area contributed by atoms with Crippen molar-refractivity contribution in [3.05, 3.63) is 92.1 Å². The van der Waals surface area contributed by atoms with E-state index in [1.54, 1.807) is 19.1 Å². The van der Waals surface area contributed by atoms with E-state index >= 15 is 0 Å². The maximum Gasteiger partial charge on any atom is 0.335 e. The minimum atomic E-state index is -0.695. The number of nitrogens with one attached hydrogen (secondary N) is 1. The number of aryl methyl sites for hydroxylation is 1. The molecule has 0 amide bonds. The molecule has 0 aliphatic carbocycles. The highest BCUT2D eigenvalue weighted by Crippen LogP contribution is 2.22. The third-order valence-electron chi connectivity index (χ3n) is 4.47. The fourth-order valence-corrected chi connectivity index (χ4v) is 3.05. The van der Waals surface area contributed by atoms with Crippen molar-refractivity contribution >= 4 is 5.71 Å². The maximum atomic E-state index is 12.4. The summed E-state index contributed by atoms with van der Waals surface area (Å²) in [5, 5.41) is 10.7. The molecule has 0 saturated heterocycles. The van der Waals surface area contributed by atoms with E-state index in [1.807, 2.05) is 56.3 Å². The standard InChI is InChI=1S/C21H21N3O3/c1-13-9-7-8-12-17(13)24-20(26)18(19(25)23-21(24)27)15(3)22-14(2)16-10-5-4-6-11-16/h4-12,14,26H,1-3H3,(H,23,25,27)/t14-/m1/s1. The van der Waals surface area contributed by atoms with Crippen LogP contribution in [-0.4, -0.2) is 20.4 Å². The Morgan fingerprint density at radius 1 is 1.07 bits per heavy atom. The van der Waals surface area contributed by atoms with Gasteiger partial charge in [0, 0.05) is 0 Å². The van der Waals surface area contributed by atoms with Gasteiger partial charge in [0.1, 0.15) is 5.56 Å². The van der Waals surface area contributed by atoms with Gasteiger partial charge in [0.15, 0.2) is 0 Å². The third kappa shape index (κ3) is 3.60. The van der Waals surface area contributed by atoms with Crippen molar-refractivity contribution in [2.45, 2.75) is 26.8 Å². The van der Waals surface area contributed by atoms with Gasteiger partial charge in [-0.25, -0.2) is 9.36 Å². The summed E-state index contributed by atoms with van der Waals surface area (Å²) in [6.45, 7) is 5.38. The van der Waals surface area contributed by atoms with Crippen LogP contribution < -0.4 is 11.2 Å². The Balaban J connectivity index is 2.15. The first-order valence-electron chi connectivity index (χ1n) is 8.64. The van der Waals surface area contributed by atoms with Gasteiger partial charge in [-0.1, -0.05) is 48.5 Å². The lowest BCUT2D eigenvalue weighted by Gasteiger charge is -2.14. The number of rotatable bonds is 4. The van der Waals surface area contributed by atoms with Gasteiger partial charge >= 0.3 is 5.69 Å². The Morgan fingerprint density at radius 3 is 2.37 bits per heavy atom. The molecule has 1 aromatic heterocycles. The molecule has 0 unspecified atom stereocenters. The molecule has 0 saturated carbocycles. The predicted octanol–water partition coefficient (Wildman–Crippen LogP) is 3.11. The molecule has 3 rings (SSSR count). The van der Waals surface area contributed by atoms with Crippen LogP contribution in [0.2, 0.25) is 0 Å². The van der Waals surface area contributed by atoms with Gasteiger partial charge in [0.25, 0.3) is 5.56 Å². The zero-order chi connectivity index (χ0) is 19.6. The largest absolute Gasteiger partial charge is 0.493 e. The maximum absolute atomic E-state index is 12.4. The summed E-state index contributed by atoms with van der Waals surface area (Å²) in [4.78, 5) is 31.5. The van der Waals surface area contributed by atoms with Gasteiger partial charge in [0.2, 0.25) is 5.88 Å². The van der Waals surface area contributed by atoms with Crippen LogP contribution in [0.25, 0.3) is 5.69 Å². The summed E-state index contributed by atoms with van der Waals surface area (Å²) in [5.41, 5.74) is 1.26. The minimum Gasteiger partial charge on any atom is -0.493 e. The van der Waals surface area contributed by atoms with Crippen LogP contribution in [0.15, 0.2) is 69.2 Å². The lowest BCUT2D eigenvalue weighted by molar-refractivity contribution is 0.429. The molecule has 0 bridgehead atoms. The Hall–Kier alpha value is -3.41. The summed E-state index contributed by atoms with van der Waals surface area (Å²) in [6, 6.07) is 16.6. The Labute approximate surface area is 156 Å². The predicted molar refractivity (Wildman–Crippen MR) is 106 cm³/mol. The van der Waals surface area contributed by atoms with Crippen molar-refractivity contribution in [1.82, 2.24) is 9.55 Å². The number of para-hydroxylation sites is 1. The normalized spacial score (nSPS) is 12.8. The molecule has 138 valence electrons. The highest BCUT2D eigenvalue weighted by molar-refractivity contribution is 6.00. The lowest BCUT2D eigenvalue weighted by atomic mass is 10.1. The van der Waals surface area contributed by atoms with Crippen LogP contribution >= 0.6 is 0 Å². The first-order valence-corrected chi connectivity index (χ1v) is 8.64. The molecule has 1 heterocycles. The molecular formula is C21H21N3O3. The molecule has 3 aromatic rings. The number of aromatic nitrogens is 2. The van der Waals surface area contributed by atoms with E-state index in [0.717, 1.165) is 15.7 Å². The van der Waals surface area contributed by atoms with Gasteiger partial charge < -0.3 is 5.11 Å². The number of aromatic amines is 1. The summed E-state index contributed by atoms with van der Waals surface area (Å²) >= 11 is 0. The van der Waals surface area contributed by atoms with E-state index in [0.29, 0.717) is 11.4 Å². The van der Waals surface area contributed by atoms with Crippen LogP contribution in [0, 0.1) is 6.92 Å². The van der Waals surface area contributed by atoms with E-state index < -0.39 is 17.1 Å². The van der Waals surface area contributed by atoms with Gasteiger partial charge in [-0.15, -0.1) is 0 Å². The van der Waals surface area contributed by atoms with Crippen LogP contribution in [0.5, 0.6) is 5.88 Å². The quantitative estimate of drug-likeness (QED) is 0.698. The fraction of sp³-hybridized carbons (Fsp3) is 0.190. The smallest absolute Gasteiger partial charge is 0.335 e. The van der Waals surface area contributed by atoms with Crippen molar-refractivity contribution in [3.63, 3.8) is 0 Å². The summed E-state index contributed by atoms with van der Waals surface area (Å²) < 4.78 is 1.10. The van der Waals surface area contributed by atoms with Crippen LogP contribution in [0.3, 0.4) is 0 Å². The number of aromatic hydroxyl groups is 1. The first-order chi connectivity index (χ1) is 12.9. The number of hydrogen-bond acceptors (Lipinski definition) is 4. The second-order valence-corrected chi connectivity index (χ2v) is 6.38. The third-order valence-corrected chi connectivity index (χ3v) is 4.47. The first kappa shape index (κ1) is 18.4. The average Bonchev–Trinajstić information content (AvgIpc) is 2.63. The monoisotopic (exact) mass is 363 g/mol. The van der Waals surface area contributed by atoms with E-state index in [1.165, 1.54) is 0 Å². The zero-order valence-electron chi connectivity index (χ0n) is 15.4. The molecule has 27 heavy (non-hydrogen) atoms. The summed E-state index contributed by atoms with van der Waals surface area (Å²) in [5.74, 6) is -0.417. The molecule has 6 nitrogen and oxygen atoms in total. The van der Waals surface area contributed by atoms with E-state index in [9.17, 15) is 14.7 Å². The Kier molecular flexibility index (Phi) is 5.07. The van der Waals surface area contributed by atoms with Gasteiger partial charge in [-0.2, -0.15) is 0 Å². The van der Waals surface area contributed by atoms with Crippen molar-refractivity contribution in [1.29, 1.82) is 0 Å². The molecule has 0 aliphatic rings. The number of aliphatic imine (C=N–C) groups is 1. The van der Waals surface area contributed by atoms with Gasteiger partial charge in [-0.3, -0.25) is 14.8 Å². The van der Waals surface area contributed by atoms with Crippen molar-refractivity contribution in [2.24, 2.45) is 4.99 Å². The zero-order valence-corrected chi connectivity index (χ0v) is 15.4. The molecule has 2 N–H and O–H groups in total. The molecule has 2 aromatic carbocycles. The Morgan fingerprint density at radius 2 is 1.70 bits per heavy atom. The fourth-order valence-electron chi connectivity index (χ4n) is 3.05. The molecule has 0 fully saturated rings. The van der Waals surface area contributed by atoms with Crippen LogP contribution in [0.4, 0.5) is 0 Å². The van der Waals surface area contributed by atoms with E-state index in [2.05, 4.69) is 9.98 Å². The van der Waals surface area contributed by atoms with E-state index in [4.69, 9.17) is 0 Å².